The maximum atomic E-state index is 17.9. The van der Waals surface area contributed by atoms with Gasteiger partial charge in [0, 0.05) is 34.4 Å². The number of alkyl halides is 2. The predicted molar refractivity (Wildman–Crippen MR) is 246 cm³/mol. The molecule has 8 N–H and O–H groups in total. The summed E-state index contributed by atoms with van der Waals surface area (Å²) in [6.07, 6.45) is 0.834. The van der Waals surface area contributed by atoms with Crippen molar-refractivity contribution in [1.29, 1.82) is 0 Å². The highest BCUT2D eigenvalue weighted by atomic mass is 79.9. The molecule has 1 saturated heterocycles. The molecule has 0 bridgehead atoms. The van der Waals surface area contributed by atoms with Crippen LogP contribution < -0.4 is 21.3 Å². The van der Waals surface area contributed by atoms with Crippen molar-refractivity contribution in [2.24, 2.45) is 22.7 Å². The summed E-state index contributed by atoms with van der Waals surface area (Å²) in [4.78, 5) is 107. The molecule has 0 unspecified atom stereocenters. The number of aliphatic hydroxyl groups is 1. The topological polar surface area (TPSA) is 293 Å². The van der Waals surface area contributed by atoms with Crippen LogP contribution in [0.25, 0.3) is 0 Å². The summed E-state index contributed by atoms with van der Waals surface area (Å²) >= 11 is 2.96. The molecule has 19 nitrogen and oxygen atoms in total. The third-order valence-corrected chi connectivity index (χ3v) is 15.6. The monoisotopic (exact) mass is 1040 g/mol. The van der Waals surface area contributed by atoms with Gasteiger partial charge >= 0.3 is 13.8 Å². The van der Waals surface area contributed by atoms with Crippen LogP contribution in [-0.4, -0.2) is 115 Å². The van der Waals surface area contributed by atoms with Crippen molar-refractivity contribution in [2.75, 3.05) is 23.8 Å². The van der Waals surface area contributed by atoms with Gasteiger partial charge in [-0.2, -0.15) is 0 Å². The lowest BCUT2D eigenvalue weighted by Gasteiger charge is -2.62. The Labute approximate surface area is 404 Å². The zero-order chi connectivity index (χ0) is 50.3. The van der Waals surface area contributed by atoms with E-state index in [1.807, 2.05) is 12.1 Å². The van der Waals surface area contributed by atoms with Crippen LogP contribution in [0.5, 0.6) is 0 Å². The number of carboxylic acid groups (broad SMARTS) is 1. The van der Waals surface area contributed by atoms with E-state index in [-0.39, 0.29) is 36.8 Å². The zero-order valence-electron chi connectivity index (χ0n) is 37.9. The predicted octanol–water partition coefficient (Wildman–Crippen LogP) is 3.39. The van der Waals surface area contributed by atoms with Crippen molar-refractivity contribution in [3.8, 4) is 0 Å². The number of Topliss-reactive ketones (excluding diaryl/α,β-unsaturated/α-hetero) is 1. The highest BCUT2D eigenvalue weighted by Gasteiger charge is 2.79. The summed E-state index contributed by atoms with van der Waals surface area (Å²) < 4.78 is 47.7. The quantitative estimate of drug-likeness (QED) is 0.0785. The fourth-order valence-electron chi connectivity index (χ4n) is 11.3. The van der Waals surface area contributed by atoms with Gasteiger partial charge in [0.2, 0.25) is 23.6 Å². The van der Waals surface area contributed by atoms with E-state index in [4.69, 9.17) is 19.1 Å². The molecule has 4 aliphatic carbocycles. The van der Waals surface area contributed by atoms with Crippen LogP contribution in [0.2, 0.25) is 0 Å². The summed E-state index contributed by atoms with van der Waals surface area (Å²) in [5.41, 5.74) is -3.52. The Morgan fingerprint density at radius 3 is 2.41 bits per heavy atom. The van der Waals surface area contributed by atoms with E-state index in [0.29, 0.717) is 29.7 Å². The van der Waals surface area contributed by atoms with E-state index < -0.39 is 127 Å². The van der Waals surface area contributed by atoms with Gasteiger partial charge in [0.25, 0.3) is 0 Å². The summed E-state index contributed by atoms with van der Waals surface area (Å²) in [6, 6.07) is 11.8. The van der Waals surface area contributed by atoms with Crippen LogP contribution >= 0.6 is 23.8 Å². The van der Waals surface area contributed by atoms with E-state index in [0.717, 1.165) is 11.1 Å². The number of nitrogens with one attached hydrogen (secondary N) is 4. The van der Waals surface area contributed by atoms with Gasteiger partial charge in [0.15, 0.2) is 29.1 Å². The van der Waals surface area contributed by atoms with Crippen molar-refractivity contribution in [1.82, 2.24) is 16.0 Å². The number of halogens is 2. The van der Waals surface area contributed by atoms with Crippen LogP contribution in [0.15, 0.2) is 72.3 Å². The summed E-state index contributed by atoms with van der Waals surface area (Å²) in [7, 11) is -5.12. The molecule has 4 amide bonds. The number of ether oxygens (including phenoxy) is 2. The summed E-state index contributed by atoms with van der Waals surface area (Å²) in [5.74, 6) is -6.21. The van der Waals surface area contributed by atoms with E-state index in [1.165, 1.54) is 25.2 Å². The van der Waals surface area contributed by atoms with Gasteiger partial charge in [-0.25, -0.2) is 8.96 Å². The summed E-state index contributed by atoms with van der Waals surface area (Å²) in [5, 5.41) is 30.7. The number of rotatable bonds is 18. The highest BCUT2D eigenvalue weighted by Crippen LogP contribution is 2.72. The average Bonchev–Trinajstić information content (AvgIpc) is 3.80. The van der Waals surface area contributed by atoms with E-state index >= 15 is 4.39 Å². The number of anilines is 1. The molecular formula is C47H55BrFN4O15P. The SMILES string of the molecule is C[C@H](NC(=O)[C@H](CCC(=O)O)NC(=O)CBr)C(=O)NCC(=O)Nc1ccc(Cc2cccc([C@@H]3O[C@@H]4C[C@H]5[C@@H]6CCC7=CC(=O)C=C[C@]7(C)[C@@]6(F)[C@@H](O)C[C@]5(C)[C@]4(C(=O)COP(=O)(O)O)O3)c2)cc1. The normalized spacial score (nSPS) is 30.9. The first-order valence-corrected chi connectivity index (χ1v) is 25.1. The minimum atomic E-state index is -5.12. The molecule has 0 aromatic heterocycles. The first kappa shape index (κ1) is 51.8. The number of benzene rings is 2. The van der Waals surface area contributed by atoms with Gasteiger partial charge in [0.05, 0.1) is 24.1 Å². The molecule has 2 aromatic rings. The molecule has 2 aromatic carbocycles. The molecule has 1 heterocycles. The van der Waals surface area contributed by atoms with E-state index in [2.05, 4.69) is 37.2 Å². The number of aliphatic carboxylic acids is 1. The molecule has 4 fully saturated rings. The van der Waals surface area contributed by atoms with Crippen molar-refractivity contribution in [2.45, 2.75) is 108 Å². The van der Waals surface area contributed by atoms with Crippen molar-refractivity contribution in [3.05, 3.63) is 89.0 Å². The molecule has 1 aliphatic heterocycles. The maximum absolute atomic E-state index is 17.9. The number of carboxylic acids is 1. The Kier molecular flexibility index (Phi) is 15.0. The first-order chi connectivity index (χ1) is 32.4. The lowest BCUT2D eigenvalue weighted by Crippen LogP contribution is -2.69. The standard InChI is InChI=1S/C47H55BrFN4O15P/c1-25(51-42(62)34(13-14-40(59)60)53-38(57)22-48)41(61)50-23-39(58)52-30-10-7-26(8-11-30)17-27-5-4-6-28(18-27)43-67-37-20-33-32-12-9-29-19-31(54)15-16-44(29,2)46(32,49)35(55)21-45(33,3)47(37,68-43)36(56)24-66-69(63,64)65/h4-8,10-11,15-16,18-19,25,32-35,37,43,55H,9,12-14,17,20-24H2,1-3H3,(H,50,61)(H,51,62)(H,52,58)(H,53,57)(H,59,60)(H2,63,64,65)/t25-,32-,33-,34-,35-,37+,43+,44-,45-,46-,47+/m0/s1. The molecular weight excluding hydrogens is 990 g/mol. The van der Waals surface area contributed by atoms with E-state index in [1.54, 1.807) is 50.2 Å². The Morgan fingerprint density at radius 1 is 1.00 bits per heavy atom. The number of fused-ring (bicyclic) bond motifs is 7. The number of allylic oxidation sites excluding steroid dienone is 4. The number of aliphatic hydroxyl groups excluding tert-OH is 1. The Balaban J connectivity index is 0.995. The third kappa shape index (κ3) is 10.2. The fraction of sp³-hybridized carbons (Fsp3) is 0.511. The van der Waals surface area contributed by atoms with Gasteiger partial charge in [-0.1, -0.05) is 70.9 Å². The van der Waals surface area contributed by atoms with Gasteiger partial charge in [-0.3, -0.25) is 38.1 Å². The molecule has 0 radical (unpaired) electrons. The molecule has 3 saturated carbocycles. The van der Waals surface area contributed by atoms with Crippen LogP contribution in [0.3, 0.4) is 0 Å². The first-order valence-electron chi connectivity index (χ1n) is 22.4. The number of phosphoric ester groups is 1. The average molecular weight is 1050 g/mol. The second kappa shape index (κ2) is 20.0. The summed E-state index contributed by atoms with van der Waals surface area (Å²) in [6.45, 7) is 3.31. The second-order valence-corrected chi connectivity index (χ2v) is 20.6. The minimum Gasteiger partial charge on any atom is -0.481 e. The molecule has 7 rings (SSSR count). The lowest BCUT2D eigenvalue weighted by molar-refractivity contribution is -0.231. The van der Waals surface area contributed by atoms with Gasteiger partial charge in [-0.05, 0) is 93.7 Å². The lowest BCUT2D eigenvalue weighted by atomic mass is 9.44. The molecule has 5 aliphatic rings. The fourth-order valence-corrected chi connectivity index (χ4v) is 11.8. The Morgan fingerprint density at radius 2 is 1.72 bits per heavy atom. The number of ketones is 2. The van der Waals surface area contributed by atoms with E-state index in [9.17, 15) is 53.0 Å². The number of carbonyl (C=O) groups excluding carboxylic acids is 6. The maximum Gasteiger partial charge on any atom is 0.470 e. The smallest absolute Gasteiger partial charge is 0.470 e. The van der Waals surface area contributed by atoms with Crippen molar-refractivity contribution < 1.29 is 76.5 Å². The number of carbonyl (C=O) groups is 7. The number of phosphoric acid groups is 1. The van der Waals surface area contributed by atoms with Crippen molar-refractivity contribution in [3.63, 3.8) is 0 Å². The molecule has 22 heteroatoms. The number of amides is 4. The van der Waals surface area contributed by atoms with Crippen LogP contribution in [0.1, 0.15) is 82.3 Å². The van der Waals surface area contributed by atoms with Crippen LogP contribution in [0.4, 0.5) is 10.1 Å². The van der Waals surface area contributed by atoms with Crippen LogP contribution in [-0.2, 0) is 58.5 Å². The molecule has 69 heavy (non-hydrogen) atoms. The second-order valence-electron chi connectivity index (χ2n) is 18.8. The van der Waals surface area contributed by atoms with Gasteiger partial charge in [0.1, 0.15) is 18.7 Å². The Bertz CT molecular complexity index is 2520. The molecule has 372 valence electrons. The minimum absolute atomic E-state index is 0.122. The van der Waals surface area contributed by atoms with Crippen molar-refractivity contribution >= 4 is 70.6 Å². The Hall–Kier alpha value is -4.99. The highest BCUT2D eigenvalue weighted by molar-refractivity contribution is 9.09. The third-order valence-electron chi connectivity index (χ3n) is 14.6. The largest absolute Gasteiger partial charge is 0.481 e. The number of hydrogen-bond donors (Lipinski definition) is 8. The molecule has 11 atom stereocenters. The molecule has 0 spiro atoms. The van der Waals surface area contributed by atoms with Gasteiger partial charge < -0.3 is 50.7 Å². The van der Waals surface area contributed by atoms with Gasteiger partial charge in [-0.15, -0.1) is 0 Å². The number of hydrogen-bond acceptors (Lipinski definition) is 12. The zero-order valence-corrected chi connectivity index (χ0v) is 40.4. The van der Waals surface area contributed by atoms with Crippen LogP contribution in [0, 0.1) is 22.7 Å².